The molecule has 16 heavy (non-hydrogen) atoms. The average Bonchev–Trinajstić information content (AvgIpc) is 2.46. The predicted octanol–water partition coefficient (Wildman–Crippen LogP) is 3.14. The van der Waals surface area contributed by atoms with Gasteiger partial charge in [-0.1, -0.05) is 19.1 Å². The summed E-state index contributed by atoms with van der Waals surface area (Å²) in [4.78, 5) is 14.8. The second-order valence-corrected chi connectivity index (χ2v) is 5.61. The first-order valence-electron chi connectivity index (χ1n) is 5.34. The van der Waals surface area contributed by atoms with Gasteiger partial charge < -0.3 is 4.90 Å². The molecule has 1 atom stereocenters. The van der Waals surface area contributed by atoms with Gasteiger partial charge >= 0.3 is 0 Å². The topological polar surface area (TPSA) is 20.3 Å². The molecule has 0 bridgehead atoms. The van der Waals surface area contributed by atoms with Crippen molar-refractivity contribution in [2.75, 3.05) is 17.3 Å². The van der Waals surface area contributed by atoms with E-state index in [1.807, 2.05) is 30.0 Å². The van der Waals surface area contributed by atoms with Gasteiger partial charge in [-0.15, -0.1) is 23.4 Å². The Bertz CT molecular complexity index is 396. The second-order valence-electron chi connectivity index (χ2n) is 3.86. The lowest BCUT2D eigenvalue weighted by atomic mass is 10.2. The van der Waals surface area contributed by atoms with E-state index < -0.39 is 0 Å². The van der Waals surface area contributed by atoms with Crippen molar-refractivity contribution in [3.05, 3.63) is 24.3 Å². The molecule has 2 nitrogen and oxygen atoms in total. The van der Waals surface area contributed by atoms with Gasteiger partial charge in [0.05, 0.1) is 5.69 Å². The fourth-order valence-corrected chi connectivity index (χ4v) is 3.08. The number of fused-ring (bicyclic) bond motifs is 1. The molecule has 0 unspecified atom stereocenters. The number of hydrogen-bond donors (Lipinski definition) is 0. The number of nitrogens with zero attached hydrogens (tertiary/aromatic N) is 1. The number of benzene rings is 1. The van der Waals surface area contributed by atoms with Crippen molar-refractivity contribution in [2.24, 2.45) is 0 Å². The van der Waals surface area contributed by atoms with Crippen LogP contribution in [0.5, 0.6) is 0 Å². The van der Waals surface area contributed by atoms with E-state index >= 15 is 0 Å². The fraction of sp³-hybridized carbons (Fsp3) is 0.417. The fourth-order valence-electron chi connectivity index (χ4n) is 1.82. The smallest absolute Gasteiger partial charge is 0.241 e. The van der Waals surface area contributed by atoms with Crippen LogP contribution >= 0.6 is 23.4 Å². The van der Waals surface area contributed by atoms with E-state index in [0.717, 1.165) is 18.7 Å². The van der Waals surface area contributed by atoms with Crippen molar-refractivity contribution in [2.45, 2.75) is 23.5 Å². The Labute approximate surface area is 105 Å². The van der Waals surface area contributed by atoms with Gasteiger partial charge in [-0.25, -0.2) is 0 Å². The minimum Gasteiger partial charge on any atom is -0.310 e. The van der Waals surface area contributed by atoms with Crippen LogP contribution in [0.4, 0.5) is 5.69 Å². The van der Waals surface area contributed by atoms with Crippen molar-refractivity contribution in [1.29, 1.82) is 0 Å². The number of anilines is 1. The third-order valence-electron chi connectivity index (χ3n) is 2.66. The Kier molecular flexibility index (Phi) is 3.77. The molecule has 4 heteroatoms. The maximum Gasteiger partial charge on any atom is 0.241 e. The molecule has 1 aliphatic rings. The Balaban J connectivity index is 2.38. The van der Waals surface area contributed by atoms with E-state index in [1.54, 1.807) is 4.90 Å². The molecule has 86 valence electrons. The molecule has 1 aromatic carbocycles. The summed E-state index contributed by atoms with van der Waals surface area (Å²) in [5, 5.41) is 0.536. The molecule has 2 rings (SSSR count). The minimum atomic E-state index is -0.0104. The zero-order valence-electron chi connectivity index (χ0n) is 9.15. The van der Waals surface area contributed by atoms with Gasteiger partial charge in [0.2, 0.25) is 5.91 Å². The first kappa shape index (κ1) is 11.8. The molecule has 1 heterocycles. The number of thioether (sulfide) groups is 1. The zero-order valence-corrected chi connectivity index (χ0v) is 10.7. The Morgan fingerprint density at radius 3 is 3.06 bits per heavy atom. The Hall–Kier alpha value is -0.670. The van der Waals surface area contributed by atoms with Crippen LogP contribution in [-0.2, 0) is 4.79 Å². The Morgan fingerprint density at radius 1 is 1.56 bits per heavy atom. The molecular weight excluding hydrogens is 242 g/mol. The van der Waals surface area contributed by atoms with Crippen LogP contribution in [0, 0.1) is 0 Å². The summed E-state index contributed by atoms with van der Waals surface area (Å²) in [5.41, 5.74) is 1.00. The summed E-state index contributed by atoms with van der Waals surface area (Å²) in [6, 6.07) is 8.03. The number of hydrogen-bond acceptors (Lipinski definition) is 2. The predicted molar refractivity (Wildman–Crippen MR) is 69.5 cm³/mol. The van der Waals surface area contributed by atoms with Crippen LogP contribution in [0.3, 0.4) is 0 Å². The standard InChI is InChI=1S/C12H14ClNOS/c1-9-6-7-14(12(15)8-13)10-4-2-3-5-11(10)16-9/h2-5,9H,6-8H2,1H3/t9-/m1/s1. The molecule has 0 aromatic heterocycles. The highest BCUT2D eigenvalue weighted by molar-refractivity contribution is 8.00. The van der Waals surface area contributed by atoms with Crippen LogP contribution in [0.2, 0.25) is 0 Å². The highest BCUT2D eigenvalue weighted by Gasteiger charge is 2.23. The number of carbonyl (C=O) groups is 1. The highest BCUT2D eigenvalue weighted by atomic mass is 35.5. The number of halogens is 1. The van der Waals surface area contributed by atoms with Crippen LogP contribution in [0.25, 0.3) is 0 Å². The largest absolute Gasteiger partial charge is 0.310 e. The quantitative estimate of drug-likeness (QED) is 0.719. The van der Waals surface area contributed by atoms with E-state index in [-0.39, 0.29) is 11.8 Å². The van der Waals surface area contributed by atoms with Crippen molar-refractivity contribution in [3.8, 4) is 0 Å². The first-order valence-corrected chi connectivity index (χ1v) is 6.76. The van der Waals surface area contributed by atoms with E-state index in [1.165, 1.54) is 4.90 Å². The molecule has 0 saturated heterocycles. The Morgan fingerprint density at radius 2 is 2.31 bits per heavy atom. The van der Waals surface area contributed by atoms with Crippen molar-refractivity contribution in [1.82, 2.24) is 0 Å². The number of amides is 1. The van der Waals surface area contributed by atoms with Gasteiger partial charge in [-0.2, -0.15) is 0 Å². The molecule has 0 N–H and O–H groups in total. The van der Waals surface area contributed by atoms with E-state index in [9.17, 15) is 4.79 Å². The number of para-hydroxylation sites is 1. The molecule has 0 fully saturated rings. The summed E-state index contributed by atoms with van der Waals surface area (Å²) >= 11 is 7.47. The zero-order chi connectivity index (χ0) is 11.5. The van der Waals surface area contributed by atoms with E-state index in [2.05, 4.69) is 13.0 Å². The van der Waals surface area contributed by atoms with Crippen molar-refractivity contribution in [3.63, 3.8) is 0 Å². The SMILES string of the molecule is C[C@@H]1CCN(C(=O)CCl)c2ccccc2S1. The molecule has 1 aromatic rings. The van der Waals surface area contributed by atoms with Crippen LogP contribution in [0.15, 0.2) is 29.2 Å². The number of rotatable bonds is 1. The molecule has 1 amide bonds. The number of carbonyl (C=O) groups excluding carboxylic acids is 1. The molecule has 1 aliphatic heterocycles. The third kappa shape index (κ3) is 2.36. The summed E-state index contributed by atoms with van der Waals surface area (Å²) in [7, 11) is 0. The van der Waals surface area contributed by atoms with Crippen LogP contribution < -0.4 is 4.90 Å². The summed E-state index contributed by atoms with van der Waals surface area (Å²) < 4.78 is 0. The normalized spacial score (nSPS) is 20.1. The molecular formula is C12H14ClNOS. The van der Waals surface area contributed by atoms with Gasteiger partial charge in [0, 0.05) is 16.7 Å². The minimum absolute atomic E-state index is 0.0104. The highest BCUT2D eigenvalue weighted by Crippen LogP contribution is 2.37. The van der Waals surface area contributed by atoms with Gasteiger partial charge in [-0.3, -0.25) is 4.79 Å². The lowest BCUT2D eigenvalue weighted by Crippen LogP contribution is -2.33. The van der Waals surface area contributed by atoms with E-state index in [0.29, 0.717) is 5.25 Å². The lowest BCUT2D eigenvalue weighted by Gasteiger charge is -2.21. The van der Waals surface area contributed by atoms with Crippen molar-refractivity contribution >= 4 is 35.0 Å². The molecule has 0 aliphatic carbocycles. The average molecular weight is 256 g/mol. The summed E-state index contributed by atoms with van der Waals surface area (Å²) in [6.45, 7) is 2.95. The molecule has 0 radical (unpaired) electrons. The second kappa shape index (κ2) is 5.11. The van der Waals surface area contributed by atoms with Crippen LogP contribution in [0.1, 0.15) is 13.3 Å². The van der Waals surface area contributed by atoms with Gasteiger partial charge in [0.1, 0.15) is 5.88 Å². The van der Waals surface area contributed by atoms with Crippen LogP contribution in [-0.4, -0.2) is 23.6 Å². The monoisotopic (exact) mass is 255 g/mol. The third-order valence-corrected chi connectivity index (χ3v) is 4.12. The molecule has 0 saturated carbocycles. The van der Waals surface area contributed by atoms with E-state index in [4.69, 9.17) is 11.6 Å². The first-order chi connectivity index (χ1) is 7.72. The molecule has 0 spiro atoms. The summed E-state index contributed by atoms with van der Waals surface area (Å²) in [5.74, 6) is 0.0386. The number of alkyl halides is 1. The van der Waals surface area contributed by atoms with Gasteiger partial charge in [-0.05, 0) is 18.6 Å². The maximum atomic E-state index is 11.8. The van der Waals surface area contributed by atoms with Crippen molar-refractivity contribution < 1.29 is 4.79 Å². The maximum absolute atomic E-state index is 11.8. The van der Waals surface area contributed by atoms with Gasteiger partial charge in [0.15, 0.2) is 0 Å². The van der Waals surface area contributed by atoms with Gasteiger partial charge in [0.25, 0.3) is 0 Å². The lowest BCUT2D eigenvalue weighted by molar-refractivity contribution is -0.116. The summed E-state index contributed by atoms with van der Waals surface area (Å²) in [6.07, 6.45) is 1.00.